The molecular weight excluding hydrogens is 294 g/mol. The molecular formula is C15H18ClNO4. The third-order valence-corrected chi connectivity index (χ3v) is 3.58. The van der Waals surface area contributed by atoms with Crippen LogP contribution in [0.25, 0.3) is 0 Å². The van der Waals surface area contributed by atoms with E-state index in [1.807, 2.05) is 24.3 Å². The molecule has 0 radical (unpaired) electrons. The Labute approximate surface area is 128 Å². The Hall–Kier alpha value is -1.59. The molecule has 0 aromatic heterocycles. The number of amides is 1. The van der Waals surface area contributed by atoms with Crippen LogP contribution in [0.2, 0.25) is 0 Å². The van der Waals surface area contributed by atoms with Crippen LogP contribution >= 0.6 is 11.6 Å². The third-order valence-electron chi connectivity index (χ3n) is 3.35. The highest BCUT2D eigenvalue weighted by molar-refractivity contribution is 6.27. The number of benzene rings is 1. The minimum absolute atomic E-state index is 0.0150. The molecule has 0 bridgehead atoms. The lowest BCUT2D eigenvalue weighted by molar-refractivity contribution is -0.144. The number of carbonyl (C=O) groups is 2. The second-order valence-corrected chi connectivity index (χ2v) is 5.15. The van der Waals surface area contributed by atoms with Gasteiger partial charge in [-0.05, 0) is 17.5 Å². The van der Waals surface area contributed by atoms with Crippen LogP contribution in [-0.4, -0.2) is 35.9 Å². The lowest BCUT2D eigenvalue weighted by atomic mass is 10.0. The molecule has 1 aliphatic rings. The fourth-order valence-corrected chi connectivity index (χ4v) is 2.33. The van der Waals surface area contributed by atoms with Crippen molar-refractivity contribution in [3.63, 3.8) is 0 Å². The number of ether oxygens (including phenoxy) is 2. The van der Waals surface area contributed by atoms with Crippen LogP contribution in [-0.2, 0) is 25.7 Å². The SMILES string of the molecule is CC(=O)OCc1ccc(C2CCN(C(=O)CCl)CO2)cc1. The van der Waals surface area contributed by atoms with Crippen molar-refractivity contribution >= 4 is 23.5 Å². The zero-order valence-electron chi connectivity index (χ0n) is 11.9. The summed E-state index contributed by atoms with van der Waals surface area (Å²) >= 11 is 5.53. The van der Waals surface area contributed by atoms with Crippen molar-refractivity contribution in [2.75, 3.05) is 19.2 Å². The average molecular weight is 312 g/mol. The number of rotatable bonds is 4. The van der Waals surface area contributed by atoms with Crippen LogP contribution < -0.4 is 0 Å². The first kappa shape index (κ1) is 15.8. The molecule has 0 aliphatic carbocycles. The number of nitrogens with zero attached hydrogens (tertiary/aromatic N) is 1. The van der Waals surface area contributed by atoms with Gasteiger partial charge in [-0.1, -0.05) is 24.3 Å². The summed E-state index contributed by atoms with van der Waals surface area (Å²) in [5, 5.41) is 0. The molecule has 21 heavy (non-hydrogen) atoms. The number of esters is 1. The number of hydrogen-bond acceptors (Lipinski definition) is 4. The summed E-state index contributed by atoms with van der Waals surface area (Å²) in [6.07, 6.45) is 0.721. The summed E-state index contributed by atoms with van der Waals surface area (Å²) in [5.41, 5.74) is 1.99. The first-order valence-electron chi connectivity index (χ1n) is 6.77. The predicted molar refractivity (Wildman–Crippen MR) is 77.7 cm³/mol. The van der Waals surface area contributed by atoms with E-state index in [1.165, 1.54) is 6.92 Å². The van der Waals surface area contributed by atoms with Crippen molar-refractivity contribution in [3.05, 3.63) is 35.4 Å². The van der Waals surface area contributed by atoms with E-state index >= 15 is 0 Å². The van der Waals surface area contributed by atoms with E-state index in [0.717, 1.165) is 17.5 Å². The van der Waals surface area contributed by atoms with Gasteiger partial charge in [0, 0.05) is 13.5 Å². The Bertz CT molecular complexity index is 495. The van der Waals surface area contributed by atoms with Crippen LogP contribution in [0.1, 0.15) is 30.6 Å². The molecule has 1 aromatic rings. The van der Waals surface area contributed by atoms with Gasteiger partial charge >= 0.3 is 5.97 Å². The van der Waals surface area contributed by atoms with Gasteiger partial charge in [-0.2, -0.15) is 0 Å². The van der Waals surface area contributed by atoms with Crippen molar-refractivity contribution in [1.29, 1.82) is 0 Å². The van der Waals surface area contributed by atoms with Crippen molar-refractivity contribution in [2.45, 2.75) is 26.1 Å². The zero-order chi connectivity index (χ0) is 15.2. The molecule has 0 saturated carbocycles. The summed E-state index contributed by atoms with van der Waals surface area (Å²) in [7, 11) is 0. The smallest absolute Gasteiger partial charge is 0.302 e. The molecule has 1 amide bonds. The highest BCUT2D eigenvalue weighted by atomic mass is 35.5. The van der Waals surface area contributed by atoms with Gasteiger partial charge in [0.1, 0.15) is 19.2 Å². The summed E-state index contributed by atoms with van der Waals surface area (Å²) in [5.74, 6) is -0.413. The molecule has 0 N–H and O–H groups in total. The van der Waals surface area contributed by atoms with Crippen LogP contribution in [0.3, 0.4) is 0 Å². The van der Waals surface area contributed by atoms with Crippen LogP contribution in [0.5, 0.6) is 0 Å². The molecule has 5 nitrogen and oxygen atoms in total. The third kappa shape index (κ3) is 4.44. The van der Waals surface area contributed by atoms with Gasteiger partial charge in [0.2, 0.25) is 5.91 Å². The van der Waals surface area contributed by atoms with Crippen molar-refractivity contribution in [3.8, 4) is 0 Å². The Morgan fingerprint density at radius 3 is 2.62 bits per heavy atom. The van der Waals surface area contributed by atoms with Crippen molar-refractivity contribution in [2.24, 2.45) is 0 Å². The van der Waals surface area contributed by atoms with Crippen LogP contribution in [0.4, 0.5) is 0 Å². The molecule has 1 atom stereocenters. The fraction of sp³-hybridized carbons (Fsp3) is 0.467. The summed E-state index contributed by atoms with van der Waals surface area (Å²) < 4.78 is 10.6. The van der Waals surface area contributed by atoms with E-state index in [-0.39, 0.29) is 37.2 Å². The van der Waals surface area contributed by atoms with Crippen molar-refractivity contribution < 1.29 is 19.1 Å². The Balaban J connectivity index is 1.89. The molecule has 0 spiro atoms. The normalized spacial score (nSPS) is 18.4. The second kappa shape index (κ2) is 7.43. The largest absolute Gasteiger partial charge is 0.461 e. The first-order valence-corrected chi connectivity index (χ1v) is 7.31. The van der Waals surface area contributed by atoms with E-state index in [1.54, 1.807) is 4.90 Å². The maximum Gasteiger partial charge on any atom is 0.302 e. The molecule has 6 heteroatoms. The van der Waals surface area contributed by atoms with Crippen LogP contribution in [0.15, 0.2) is 24.3 Å². The average Bonchev–Trinajstić information content (AvgIpc) is 2.53. The van der Waals surface area contributed by atoms with E-state index in [9.17, 15) is 9.59 Å². The molecule has 1 aliphatic heterocycles. The highest BCUT2D eigenvalue weighted by Gasteiger charge is 2.23. The van der Waals surface area contributed by atoms with E-state index in [2.05, 4.69) is 0 Å². The number of alkyl halides is 1. The number of hydrogen-bond donors (Lipinski definition) is 0. The first-order chi connectivity index (χ1) is 10.1. The van der Waals surface area contributed by atoms with E-state index < -0.39 is 0 Å². The van der Waals surface area contributed by atoms with Gasteiger partial charge < -0.3 is 14.4 Å². The van der Waals surface area contributed by atoms with Gasteiger partial charge in [0.25, 0.3) is 0 Å². The standard InChI is InChI=1S/C15H18ClNO4/c1-11(18)20-9-12-2-4-13(5-3-12)14-6-7-17(10-21-14)15(19)8-16/h2-5,14H,6-10H2,1H3. The minimum Gasteiger partial charge on any atom is -0.461 e. The quantitative estimate of drug-likeness (QED) is 0.632. The summed E-state index contributed by atoms with van der Waals surface area (Å²) in [6.45, 7) is 2.58. The molecule has 1 saturated heterocycles. The molecule has 114 valence electrons. The lowest BCUT2D eigenvalue weighted by Crippen LogP contribution is -2.39. The Morgan fingerprint density at radius 1 is 1.38 bits per heavy atom. The minimum atomic E-state index is -0.293. The Morgan fingerprint density at radius 2 is 2.10 bits per heavy atom. The van der Waals surface area contributed by atoms with Crippen LogP contribution in [0, 0.1) is 0 Å². The molecule has 2 rings (SSSR count). The maximum absolute atomic E-state index is 11.5. The molecule has 1 heterocycles. The molecule has 1 unspecified atom stereocenters. The molecule has 1 aromatic carbocycles. The van der Waals surface area contributed by atoms with Gasteiger partial charge in [-0.15, -0.1) is 11.6 Å². The number of carbonyl (C=O) groups excluding carboxylic acids is 2. The monoisotopic (exact) mass is 311 g/mol. The van der Waals surface area contributed by atoms with E-state index in [4.69, 9.17) is 21.1 Å². The fourth-order valence-electron chi connectivity index (χ4n) is 2.16. The molecule has 1 fully saturated rings. The maximum atomic E-state index is 11.5. The van der Waals surface area contributed by atoms with Gasteiger partial charge in [-0.25, -0.2) is 0 Å². The summed E-state index contributed by atoms with van der Waals surface area (Å²) in [4.78, 5) is 23.8. The predicted octanol–water partition coefficient (Wildman–Crippen LogP) is 2.24. The second-order valence-electron chi connectivity index (χ2n) is 4.89. The Kier molecular flexibility index (Phi) is 5.59. The van der Waals surface area contributed by atoms with Crippen molar-refractivity contribution in [1.82, 2.24) is 4.90 Å². The number of halogens is 1. The zero-order valence-corrected chi connectivity index (χ0v) is 12.6. The van der Waals surface area contributed by atoms with Gasteiger partial charge in [0.05, 0.1) is 6.10 Å². The lowest BCUT2D eigenvalue weighted by Gasteiger charge is -2.32. The topological polar surface area (TPSA) is 55.8 Å². The van der Waals surface area contributed by atoms with Gasteiger partial charge in [0.15, 0.2) is 0 Å². The highest BCUT2D eigenvalue weighted by Crippen LogP contribution is 2.26. The van der Waals surface area contributed by atoms with Gasteiger partial charge in [-0.3, -0.25) is 9.59 Å². The summed E-state index contributed by atoms with van der Waals surface area (Å²) in [6, 6.07) is 7.75. The van der Waals surface area contributed by atoms with E-state index in [0.29, 0.717) is 6.54 Å².